The lowest BCUT2D eigenvalue weighted by Gasteiger charge is -2.27. The van der Waals surface area contributed by atoms with Gasteiger partial charge >= 0.3 is 6.09 Å². The van der Waals surface area contributed by atoms with E-state index in [0.29, 0.717) is 12.0 Å². The van der Waals surface area contributed by atoms with Gasteiger partial charge in [0.2, 0.25) is 0 Å². The van der Waals surface area contributed by atoms with Crippen molar-refractivity contribution in [3.63, 3.8) is 0 Å². The highest BCUT2D eigenvalue weighted by Gasteiger charge is 2.26. The fourth-order valence-corrected chi connectivity index (χ4v) is 1.53. The summed E-state index contributed by atoms with van der Waals surface area (Å²) in [6.45, 7) is 7.24. The van der Waals surface area contributed by atoms with Gasteiger partial charge in [-0.1, -0.05) is 0 Å². The Morgan fingerprint density at radius 2 is 2.11 bits per heavy atom. The first-order valence-corrected chi connectivity index (χ1v) is 6.08. The van der Waals surface area contributed by atoms with Crippen LogP contribution in [0.2, 0.25) is 0 Å². The van der Waals surface area contributed by atoms with Gasteiger partial charge in [0, 0.05) is 13.2 Å². The summed E-state index contributed by atoms with van der Waals surface area (Å²) in [5.41, 5.74) is 0.913. The van der Waals surface area contributed by atoms with Gasteiger partial charge < -0.3 is 9.53 Å². The standard InChI is InChI=1S/C14H20N2O3/c1-10-6-7-15-11(8-10)12(9-17)16(5)13(18)19-14(2,3)4/h6-9,12H,1-5H3. The Balaban J connectivity index is 2.91. The van der Waals surface area contributed by atoms with Crippen LogP contribution in [0.4, 0.5) is 4.79 Å². The molecule has 19 heavy (non-hydrogen) atoms. The maximum atomic E-state index is 11.9. The molecule has 1 heterocycles. The summed E-state index contributed by atoms with van der Waals surface area (Å²) in [6, 6.07) is 2.87. The number of nitrogens with zero attached hydrogens (tertiary/aromatic N) is 2. The van der Waals surface area contributed by atoms with E-state index in [4.69, 9.17) is 4.74 Å². The lowest BCUT2D eigenvalue weighted by atomic mass is 10.1. The van der Waals surface area contributed by atoms with E-state index in [1.54, 1.807) is 33.0 Å². The van der Waals surface area contributed by atoms with Crippen LogP contribution < -0.4 is 0 Å². The molecular formula is C14H20N2O3. The molecule has 1 amide bonds. The zero-order valence-corrected chi connectivity index (χ0v) is 12.0. The maximum Gasteiger partial charge on any atom is 0.410 e. The molecule has 0 saturated carbocycles. The van der Waals surface area contributed by atoms with Gasteiger partial charge in [0.1, 0.15) is 17.9 Å². The number of carbonyl (C=O) groups is 2. The van der Waals surface area contributed by atoms with Gasteiger partial charge in [-0.25, -0.2) is 4.79 Å². The molecule has 1 aromatic rings. The third-order valence-electron chi connectivity index (χ3n) is 2.47. The van der Waals surface area contributed by atoms with Crippen molar-refractivity contribution in [1.29, 1.82) is 0 Å². The summed E-state index contributed by atoms with van der Waals surface area (Å²) in [7, 11) is 1.52. The molecule has 0 fully saturated rings. The first-order chi connectivity index (χ1) is 8.74. The maximum absolute atomic E-state index is 11.9. The molecule has 5 nitrogen and oxygen atoms in total. The second kappa shape index (κ2) is 5.82. The monoisotopic (exact) mass is 264 g/mol. The Bertz CT molecular complexity index is 466. The van der Waals surface area contributed by atoms with E-state index in [-0.39, 0.29) is 0 Å². The molecule has 0 radical (unpaired) electrons. The minimum atomic E-state index is -0.741. The molecule has 1 rings (SSSR count). The van der Waals surface area contributed by atoms with Crippen molar-refractivity contribution in [3.05, 3.63) is 29.6 Å². The fraction of sp³-hybridized carbons (Fsp3) is 0.500. The number of carbonyl (C=O) groups excluding carboxylic acids is 2. The molecule has 1 atom stereocenters. The highest BCUT2D eigenvalue weighted by molar-refractivity contribution is 5.74. The van der Waals surface area contributed by atoms with Crippen LogP contribution in [0.1, 0.15) is 38.1 Å². The average molecular weight is 264 g/mol. The number of hydrogen-bond acceptors (Lipinski definition) is 4. The van der Waals surface area contributed by atoms with E-state index in [2.05, 4.69) is 4.98 Å². The first-order valence-electron chi connectivity index (χ1n) is 6.08. The van der Waals surface area contributed by atoms with E-state index < -0.39 is 17.7 Å². The van der Waals surface area contributed by atoms with Crippen molar-refractivity contribution in [2.24, 2.45) is 0 Å². The van der Waals surface area contributed by atoms with Crippen molar-refractivity contribution >= 4 is 12.4 Å². The summed E-state index contributed by atoms with van der Waals surface area (Å²) in [5.74, 6) is 0. The quantitative estimate of drug-likeness (QED) is 0.787. The van der Waals surface area contributed by atoms with Crippen LogP contribution in [0.5, 0.6) is 0 Å². The topological polar surface area (TPSA) is 59.5 Å². The van der Waals surface area contributed by atoms with Gasteiger partial charge in [-0.2, -0.15) is 0 Å². The average Bonchev–Trinajstić information content (AvgIpc) is 2.27. The third-order valence-corrected chi connectivity index (χ3v) is 2.47. The zero-order chi connectivity index (χ0) is 14.6. The number of aryl methyl sites for hydroxylation is 1. The largest absolute Gasteiger partial charge is 0.444 e. The molecule has 0 saturated heterocycles. The summed E-state index contributed by atoms with van der Waals surface area (Å²) in [6.07, 6.45) is 1.75. The van der Waals surface area contributed by atoms with Crippen molar-refractivity contribution in [2.45, 2.75) is 39.3 Å². The second-order valence-corrected chi connectivity index (χ2v) is 5.43. The van der Waals surface area contributed by atoms with Crippen LogP contribution in [-0.4, -0.2) is 34.9 Å². The van der Waals surface area contributed by atoms with E-state index in [9.17, 15) is 9.59 Å². The minimum absolute atomic E-state index is 0.531. The molecule has 0 bridgehead atoms. The predicted octanol–water partition coefficient (Wildman–Crippen LogP) is 2.50. The van der Waals surface area contributed by atoms with Crippen LogP contribution >= 0.6 is 0 Å². The summed E-state index contributed by atoms with van der Waals surface area (Å²) < 4.78 is 5.23. The van der Waals surface area contributed by atoms with Crippen LogP contribution in [0.15, 0.2) is 18.3 Å². The van der Waals surface area contributed by atoms with E-state index in [1.165, 1.54) is 11.9 Å². The summed E-state index contributed by atoms with van der Waals surface area (Å²) >= 11 is 0. The summed E-state index contributed by atoms with van der Waals surface area (Å²) in [4.78, 5) is 28.6. The van der Waals surface area contributed by atoms with Gasteiger partial charge in [0.05, 0.1) is 5.69 Å². The molecule has 104 valence electrons. The lowest BCUT2D eigenvalue weighted by molar-refractivity contribution is -0.112. The van der Waals surface area contributed by atoms with Crippen molar-refractivity contribution < 1.29 is 14.3 Å². The van der Waals surface area contributed by atoms with Crippen molar-refractivity contribution in [3.8, 4) is 0 Å². The van der Waals surface area contributed by atoms with E-state index in [1.807, 2.05) is 13.0 Å². The number of aromatic nitrogens is 1. The number of ether oxygens (including phenoxy) is 1. The smallest absolute Gasteiger partial charge is 0.410 e. The van der Waals surface area contributed by atoms with Gasteiger partial charge in [-0.15, -0.1) is 0 Å². The Kier molecular flexibility index (Phi) is 4.64. The molecule has 0 N–H and O–H groups in total. The molecule has 1 unspecified atom stereocenters. The second-order valence-electron chi connectivity index (χ2n) is 5.43. The Morgan fingerprint density at radius 1 is 1.47 bits per heavy atom. The van der Waals surface area contributed by atoms with E-state index >= 15 is 0 Å². The molecule has 0 aromatic carbocycles. The van der Waals surface area contributed by atoms with Gasteiger partial charge in [-0.3, -0.25) is 9.88 Å². The summed E-state index contributed by atoms with van der Waals surface area (Å²) in [5, 5.41) is 0. The normalized spacial score (nSPS) is 12.7. The zero-order valence-electron chi connectivity index (χ0n) is 12.0. The van der Waals surface area contributed by atoms with Crippen molar-refractivity contribution in [2.75, 3.05) is 7.05 Å². The number of rotatable bonds is 3. The Labute approximate surface area is 113 Å². The van der Waals surface area contributed by atoms with Gasteiger partial charge in [0.25, 0.3) is 0 Å². The van der Waals surface area contributed by atoms with Gasteiger partial charge in [-0.05, 0) is 45.4 Å². The SMILES string of the molecule is Cc1ccnc(C(C=O)N(C)C(=O)OC(C)(C)C)c1. The number of aldehydes is 1. The van der Waals surface area contributed by atoms with Crippen LogP contribution in [0.3, 0.4) is 0 Å². The number of amides is 1. The molecule has 0 spiro atoms. The lowest BCUT2D eigenvalue weighted by Crippen LogP contribution is -2.37. The molecule has 0 aliphatic carbocycles. The first kappa shape index (κ1) is 15.1. The Hall–Kier alpha value is -1.91. The molecular weight excluding hydrogens is 244 g/mol. The van der Waals surface area contributed by atoms with E-state index in [0.717, 1.165) is 5.56 Å². The molecule has 1 aromatic heterocycles. The van der Waals surface area contributed by atoms with Crippen LogP contribution in [0.25, 0.3) is 0 Å². The third kappa shape index (κ3) is 4.35. The van der Waals surface area contributed by atoms with Crippen molar-refractivity contribution in [1.82, 2.24) is 9.88 Å². The number of pyridine rings is 1. The number of hydrogen-bond donors (Lipinski definition) is 0. The van der Waals surface area contributed by atoms with Gasteiger partial charge in [0.15, 0.2) is 0 Å². The molecule has 5 heteroatoms. The fourth-order valence-electron chi connectivity index (χ4n) is 1.53. The molecule has 0 aliphatic rings. The number of likely N-dealkylation sites (N-methyl/N-ethyl adjacent to an activating group) is 1. The van der Waals surface area contributed by atoms with Crippen LogP contribution in [0, 0.1) is 6.92 Å². The molecule has 0 aliphatic heterocycles. The minimum Gasteiger partial charge on any atom is -0.444 e. The highest BCUT2D eigenvalue weighted by atomic mass is 16.6. The van der Waals surface area contributed by atoms with Crippen LogP contribution in [-0.2, 0) is 9.53 Å². The highest BCUT2D eigenvalue weighted by Crippen LogP contribution is 2.19. The predicted molar refractivity (Wildman–Crippen MR) is 71.8 cm³/mol. The Morgan fingerprint density at radius 3 is 2.58 bits per heavy atom.